The van der Waals surface area contributed by atoms with E-state index in [1.807, 2.05) is 6.07 Å². The lowest BCUT2D eigenvalue weighted by atomic mass is 9.80. The summed E-state index contributed by atoms with van der Waals surface area (Å²) in [6.45, 7) is 1.68. The summed E-state index contributed by atoms with van der Waals surface area (Å²) >= 11 is 0. The summed E-state index contributed by atoms with van der Waals surface area (Å²) in [6, 6.07) is 6.18. The molecule has 0 bridgehead atoms. The Morgan fingerprint density at radius 1 is 1.32 bits per heavy atom. The molecule has 0 amide bonds. The highest BCUT2D eigenvalue weighted by atomic mass is 19.4. The molecule has 6 nitrogen and oxygen atoms in total. The number of allylic oxidation sites excluding steroid dienone is 2. The number of methoxy groups -OCH3 is 1. The molecule has 0 N–H and O–H groups in total. The SMILES string of the molecule is COC(=O)C1=C(C#N)N(C)C(C)=C(COC=O)C1c1ccc(C(F)(F)F)cc1. The van der Waals surface area contributed by atoms with Gasteiger partial charge >= 0.3 is 12.1 Å². The molecular weight excluding hydrogens is 377 g/mol. The zero-order valence-corrected chi connectivity index (χ0v) is 15.3. The predicted octanol–water partition coefficient (Wildman–Crippen LogP) is 3.13. The second-order valence-electron chi connectivity index (χ2n) is 6.00. The fraction of sp³-hybridized carbons (Fsp3) is 0.316. The Balaban J connectivity index is 2.70. The monoisotopic (exact) mass is 394 g/mol. The summed E-state index contributed by atoms with van der Waals surface area (Å²) in [5, 5.41) is 9.56. The Morgan fingerprint density at radius 3 is 2.39 bits per heavy atom. The quantitative estimate of drug-likeness (QED) is 0.564. The number of hydrogen-bond donors (Lipinski definition) is 0. The number of benzene rings is 1. The molecule has 1 atom stereocenters. The third-order valence-corrected chi connectivity index (χ3v) is 4.58. The van der Waals surface area contributed by atoms with Crippen LogP contribution in [0, 0.1) is 11.3 Å². The van der Waals surface area contributed by atoms with Crippen molar-refractivity contribution in [3.8, 4) is 6.07 Å². The van der Waals surface area contributed by atoms with Crippen LogP contribution < -0.4 is 0 Å². The number of ether oxygens (including phenoxy) is 2. The molecule has 0 saturated heterocycles. The van der Waals surface area contributed by atoms with Gasteiger partial charge in [-0.1, -0.05) is 12.1 Å². The molecule has 1 heterocycles. The zero-order valence-electron chi connectivity index (χ0n) is 15.3. The van der Waals surface area contributed by atoms with Crippen LogP contribution in [0.25, 0.3) is 0 Å². The number of esters is 1. The molecule has 9 heteroatoms. The smallest absolute Gasteiger partial charge is 0.416 e. The van der Waals surface area contributed by atoms with Crippen molar-refractivity contribution in [3.63, 3.8) is 0 Å². The van der Waals surface area contributed by atoms with Crippen LogP contribution in [-0.4, -0.2) is 38.1 Å². The minimum absolute atomic E-state index is 0.00380. The topological polar surface area (TPSA) is 79.6 Å². The first kappa shape index (κ1) is 21.0. The van der Waals surface area contributed by atoms with E-state index < -0.39 is 23.6 Å². The maximum atomic E-state index is 12.9. The molecule has 0 fully saturated rings. The lowest BCUT2D eigenvalue weighted by Gasteiger charge is -2.35. The van der Waals surface area contributed by atoms with Crippen LogP contribution in [0.3, 0.4) is 0 Å². The van der Waals surface area contributed by atoms with Crippen molar-refractivity contribution in [2.45, 2.75) is 19.0 Å². The molecule has 28 heavy (non-hydrogen) atoms. The van der Waals surface area contributed by atoms with Gasteiger partial charge in [0.2, 0.25) is 0 Å². The van der Waals surface area contributed by atoms with Crippen molar-refractivity contribution in [3.05, 3.63) is 57.9 Å². The van der Waals surface area contributed by atoms with E-state index in [1.165, 1.54) is 17.0 Å². The van der Waals surface area contributed by atoms with Gasteiger partial charge in [-0.05, 0) is 30.2 Å². The molecule has 0 aliphatic carbocycles. The first-order valence-electron chi connectivity index (χ1n) is 8.05. The van der Waals surface area contributed by atoms with Crippen molar-refractivity contribution in [2.75, 3.05) is 20.8 Å². The predicted molar refractivity (Wildman–Crippen MR) is 91.3 cm³/mol. The van der Waals surface area contributed by atoms with E-state index in [1.54, 1.807) is 14.0 Å². The van der Waals surface area contributed by atoms with Crippen LogP contribution in [0.1, 0.15) is 24.0 Å². The molecule has 1 unspecified atom stereocenters. The van der Waals surface area contributed by atoms with Crippen molar-refractivity contribution < 1.29 is 32.2 Å². The van der Waals surface area contributed by atoms with E-state index in [-0.39, 0.29) is 24.3 Å². The highest BCUT2D eigenvalue weighted by Crippen LogP contribution is 2.42. The third kappa shape index (κ3) is 3.86. The Bertz CT molecular complexity index is 880. The van der Waals surface area contributed by atoms with Crippen molar-refractivity contribution in [1.29, 1.82) is 5.26 Å². The number of hydrogen-bond acceptors (Lipinski definition) is 6. The second kappa shape index (κ2) is 8.17. The van der Waals surface area contributed by atoms with Crippen molar-refractivity contribution in [2.24, 2.45) is 0 Å². The van der Waals surface area contributed by atoms with Gasteiger partial charge in [0.25, 0.3) is 6.47 Å². The average molecular weight is 394 g/mol. The molecule has 1 aromatic carbocycles. The van der Waals surface area contributed by atoms with Crippen LogP contribution in [0.4, 0.5) is 13.2 Å². The summed E-state index contributed by atoms with van der Waals surface area (Å²) in [6.07, 6.45) is -4.51. The molecule has 1 aliphatic rings. The molecule has 2 rings (SSSR count). The van der Waals surface area contributed by atoms with E-state index in [9.17, 15) is 28.0 Å². The van der Waals surface area contributed by atoms with Crippen LogP contribution in [0.2, 0.25) is 0 Å². The fourth-order valence-electron chi connectivity index (χ4n) is 3.09. The minimum atomic E-state index is -4.51. The van der Waals surface area contributed by atoms with Gasteiger partial charge in [0.1, 0.15) is 18.4 Å². The van der Waals surface area contributed by atoms with E-state index in [4.69, 9.17) is 9.47 Å². The van der Waals surface area contributed by atoms with Gasteiger partial charge in [-0.15, -0.1) is 0 Å². The van der Waals surface area contributed by atoms with Crippen LogP contribution in [0.5, 0.6) is 0 Å². The third-order valence-electron chi connectivity index (χ3n) is 4.58. The Labute approximate surface area is 159 Å². The lowest BCUT2D eigenvalue weighted by Crippen LogP contribution is -2.32. The molecular formula is C19H17F3N2O4. The van der Waals surface area contributed by atoms with Gasteiger partial charge in [-0.3, -0.25) is 4.79 Å². The molecule has 0 radical (unpaired) electrons. The summed E-state index contributed by atoms with van der Waals surface area (Å²) in [7, 11) is 2.70. The first-order valence-corrected chi connectivity index (χ1v) is 8.05. The standard InChI is InChI=1S/C19H17F3N2O4/c1-11-14(9-28-10-25)16(12-4-6-13(7-5-12)19(20,21)22)17(18(26)27-3)15(8-23)24(11)2/h4-7,10,16H,9H2,1-3H3. The summed E-state index contributed by atoms with van der Waals surface area (Å²) in [4.78, 5) is 24.6. The molecule has 0 saturated carbocycles. The summed E-state index contributed by atoms with van der Waals surface area (Å²) in [5.41, 5.74) is 0.439. The number of nitriles is 1. The van der Waals surface area contributed by atoms with Gasteiger partial charge in [0.15, 0.2) is 0 Å². The van der Waals surface area contributed by atoms with E-state index in [0.29, 0.717) is 16.8 Å². The minimum Gasteiger partial charge on any atom is -0.466 e. The van der Waals surface area contributed by atoms with Gasteiger partial charge in [-0.25, -0.2) is 4.79 Å². The molecule has 0 spiro atoms. The van der Waals surface area contributed by atoms with Crippen LogP contribution in [0.15, 0.2) is 46.8 Å². The molecule has 0 aromatic heterocycles. The van der Waals surface area contributed by atoms with Crippen molar-refractivity contribution in [1.82, 2.24) is 4.90 Å². The Kier molecular flexibility index (Phi) is 6.13. The number of halogens is 3. The van der Waals surface area contributed by atoms with Crippen LogP contribution in [-0.2, 0) is 25.2 Å². The number of alkyl halides is 3. The highest BCUT2D eigenvalue weighted by molar-refractivity contribution is 5.93. The van der Waals surface area contributed by atoms with Gasteiger partial charge < -0.3 is 14.4 Å². The maximum absolute atomic E-state index is 12.9. The summed E-state index contributed by atoms with van der Waals surface area (Å²) < 4.78 is 48.3. The Hall–Kier alpha value is -3.28. The number of nitrogens with zero attached hydrogens (tertiary/aromatic N) is 2. The second-order valence-corrected chi connectivity index (χ2v) is 6.00. The average Bonchev–Trinajstić information content (AvgIpc) is 2.67. The fourth-order valence-corrected chi connectivity index (χ4v) is 3.09. The molecule has 148 valence electrons. The highest BCUT2D eigenvalue weighted by Gasteiger charge is 2.38. The van der Waals surface area contributed by atoms with E-state index in [0.717, 1.165) is 19.2 Å². The van der Waals surface area contributed by atoms with Crippen LogP contribution >= 0.6 is 0 Å². The molecule has 1 aliphatic heterocycles. The van der Waals surface area contributed by atoms with Gasteiger partial charge in [-0.2, -0.15) is 18.4 Å². The largest absolute Gasteiger partial charge is 0.466 e. The van der Waals surface area contributed by atoms with Crippen molar-refractivity contribution >= 4 is 12.4 Å². The first-order chi connectivity index (χ1) is 13.2. The van der Waals surface area contributed by atoms with Gasteiger partial charge in [0.05, 0.1) is 18.2 Å². The normalized spacial score (nSPS) is 17.3. The molecule has 1 aromatic rings. The number of rotatable bonds is 5. The summed E-state index contributed by atoms with van der Waals surface area (Å²) in [5.74, 6) is -1.70. The van der Waals surface area contributed by atoms with Gasteiger partial charge in [0, 0.05) is 18.7 Å². The Morgan fingerprint density at radius 2 is 1.93 bits per heavy atom. The number of carbonyl (C=O) groups is 2. The van der Waals surface area contributed by atoms with E-state index in [2.05, 4.69) is 0 Å². The van der Waals surface area contributed by atoms with E-state index >= 15 is 0 Å². The zero-order chi connectivity index (χ0) is 21.1. The number of carbonyl (C=O) groups excluding carboxylic acids is 2. The lowest BCUT2D eigenvalue weighted by molar-refractivity contribution is -0.138. The maximum Gasteiger partial charge on any atom is 0.416 e.